The van der Waals surface area contributed by atoms with Crippen molar-refractivity contribution in [3.63, 3.8) is 0 Å². The Kier molecular flexibility index (Phi) is 6.17. The van der Waals surface area contributed by atoms with Gasteiger partial charge in [-0.15, -0.1) is 0 Å². The van der Waals surface area contributed by atoms with Gasteiger partial charge in [0.2, 0.25) is 0 Å². The third-order valence-corrected chi connectivity index (χ3v) is 4.89. The van der Waals surface area contributed by atoms with Gasteiger partial charge in [-0.25, -0.2) is 0 Å². The fourth-order valence-electron chi connectivity index (χ4n) is 3.58. The van der Waals surface area contributed by atoms with Gasteiger partial charge in [0.1, 0.15) is 0 Å². The molecule has 2 rings (SSSR count). The number of hydrogen-bond donors (Lipinski definition) is 2. The summed E-state index contributed by atoms with van der Waals surface area (Å²) in [6, 6.07) is 2.21. The number of hydrogen-bond acceptors (Lipinski definition) is 4. The molecule has 0 aliphatic heterocycles. The zero-order valence-electron chi connectivity index (χ0n) is 12.9. The molecule has 0 radical (unpaired) electrons. The van der Waals surface area contributed by atoms with Crippen LogP contribution in [0.5, 0.6) is 0 Å². The van der Waals surface area contributed by atoms with E-state index in [4.69, 9.17) is 10.6 Å². The quantitative estimate of drug-likeness (QED) is 0.607. The minimum Gasteiger partial charge on any atom is -0.374 e. The third kappa shape index (κ3) is 4.25. The molecule has 1 aliphatic rings. The predicted molar refractivity (Wildman–Crippen MR) is 88.7 cm³/mol. The standard InChI is InChI=1S/C16H26BrN3O/c1-3-21-16(6-4-5-12(2)9-16)15(20-18)8-13-7-14(17)11-19-10-13/h7,10-12,15,20H,3-6,8-9,18H2,1-2H3. The highest BCUT2D eigenvalue weighted by Gasteiger charge is 2.42. The molecular weight excluding hydrogens is 330 g/mol. The molecule has 1 aliphatic carbocycles. The van der Waals surface area contributed by atoms with E-state index in [1.807, 2.05) is 6.20 Å². The van der Waals surface area contributed by atoms with Gasteiger partial charge in [0.25, 0.3) is 0 Å². The van der Waals surface area contributed by atoms with Crippen molar-refractivity contribution in [2.45, 2.75) is 57.6 Å². The fraction of sp³-hybridized carbons (Fsp3) is 0.688. The van der Waals surface area contributed by atoms with Gasteiger partial charge in [0, 0.05) is 23.5 Å². The highest BCUT2D eigenvalue weighted by Crippen LogP contribution is 2.38. The minimum atomic E-state index is -0.163. The lowest BCUT2D eigenvalue weighted by molar-refractivity contribution is -0.100. The Morgan fingerprint density at radius 3 is 3.00 bits per heavy atom. The molecule has 1 fully saturated rings. The van der Waals surface area contributed by atoms with E-state index in [1.54, 1.807) is 6.20 Å². The summed E-state index contributed by atoms with van der Waals surface area (Å²) < 4.78 is 7.22. The first kappa shape index (κ1) is 16.9. The van der Waals surface area contributed by atoms with Crippen molar-refractivity contribution in [1.82, 2.24) is 10.4 Å². The van der Waals surface area contributed by atoms with Gasteiger partial charge in [-0.3, -0.25) is 16.3 Å². The van der Waals surface area contributed by atoms with Crippen molar-refractivity contribution in [2.24, 2.45) is 11.8 Å². The van der Waals surface area contributed by atoms with Gasteiger partial charge in [-0.05, 0) is 59.7 Å². The number of aromatic nitrogens is 1. The maximum absolute atomic E-state index is 6.22. The van der Waals surface area contributed by atoms with Gasteiger partial charge >= 0.3 is 0 Å². The molecule has 4 nitrogen and oxygen atoms in total. The van der Waals surface area contributed by atoms with Gasteiger partial charge in [-0.1, -0.05) is 19.8 Å². The highest BCUT2D eigenvalue weighted by atomic mass is 79.9. The Hall–Kier alpha value is -0.490. The molecule has 1 heterocycles. The van der Waals surface area contributed by atoms with E-state index in [0.717, 1.165) is 30.3 Å². The zero-order chi connectivity index (χ0) is 15.3. The molecule has 0 aromatic carbocycles. The zero-order valence-corrected chi connectivity index (χ0v) is 14.5. The Bertz CT molecular complexity index is 453. The second-order valence-electron chi connectivity index (χ2n) is 6.13. The van der Waals surface area contributed by atoms with E-state index in [-0.39, 0.29) is 11.6 Å². The van der Waals surface area contributed by atoms with E-state index < -0.39 is 0 Å². The first-order chi connectivity index (χ1) is 10.1. The van der Waals surface area contributed by atoms with E-state index >= 15 is 0 Å². The average Bonchev–Trinajstić information content (AvgIpc) is 2.45. The van der Waals surface area contributed by atoms with Crippen LogP contribution in [-0.2, 0) is 11.2 Å². The van der Waals surface area contributed by atoms with Crippen LogP contribution in [0.15, 0.2) is 22.9 Å². The topological polar surface area (TPSA) is 60.2 Å². The molecule has 0 bridgehead atoms. The number of halogens is 1. The molecule has 0 amide bonds. The van der Waals surface area contributed by atoms with Crippen LogP contribution < -0.4 is 11.3 Å². The van der Waals surface area contributed by atoms with E-state index in [0.29, 0.717) is 5.92 Å². The summed E-state index contributed by atoms with van der Waals surface area (Å²) in [5.74, 6) is 6.57. The number of hydrazine groups is 1. The molecule has 118 valence electrons. The molecular formula is C16H26BrN3O. The number of nitrogens with zero attached hydrogens (tertiary/aromatic N) is 1. The Morgan fingerprint density at radius 1 is 1.57 bits per heavy atom. The molecule has 1 aromatic heterocycles. The second kappa shape index (κ2) is 7.68. The van der Waals surface area contributed by atoms with E-state index in [1.165, 1.54) is 18.4 Å². The van der Waals surface area contributed by atoms with Crippen LogP contribution in [0.2, 0.25) is 0 Å². The van der Waals surface area contributed by atoms with Crippen molar-refractivity contribution >= 4 is 15.9 Å². The van der Waals surface area contributed by atoms with Crippen LogP contribution in [0.3, 0.4) is 0 Å². The minimum absolute atomic E-state index is 0.108. The van der Waals surface area contributed by atoms with Crippen molar-refractivity contribution < 1.29 is 4.74 Å². The van der Waals surface area contributed by atoms with Crippen LogP contribution in [0.1, 0.15) is 45.1 Å². The molecule has 0 spiro atoms. The van der Waals surface area contributed by atoms with Crippen molar-refractivity contribution in [1.29, 1.82) is 0 Å². The van der Waals surface area contributed by atoms with Crippen molar-refractivity contribution in [3.8, 4) is 0 Å². The molecule has 5 heteroatoms. The van der Waals surface area contributed by atoms with Gasteiger partial charge in [0.05, 0.1) is 11.6 Å². The molecule has 1 saturated carbocycles. The number of nitrogens with two attached hydrogens (primary N) is 1. The first-order valence-corrected chi connectivity index (χ1v) is 8.58. The number of pyridine rings is 1. The fourth-order valence-corrected chi connectivity index (χ4v) is 3.99. The van der Waals surface area contributed by atoms with Crippen LogP contribution >= 0.6 is 15.9 Å². The van der Waals surface area contributed by atoms with E-state index in [2.05, 4.69) is 46.3 Å². The van der Waals surface area contributed by atoms with Crippen molar-refractivity contribution in [3.05, 3.63) is 28.5 Å². The third-order valence-electron chi connectivity index (χ3n) is 4.46. The Morgan fingerprint density at radius 2 is 2.38 bits per heavy atom. The predicted octanol–water partition coefficient (Wildman–Crippen LogP) is 3.20. The summed E-state index contributed by atoms with van der Waals surface area (Å²) in [6.07, 6.45) is 9.16. The largest absolute Gasteiger partial charge is 0.374 e. The number of nitrogens with one attached hydrogen (secondary N) is 1. The molecule has 3 atom stereocenters. The first-order valence-electron chi connectivity index (χ1n) is 7.79. The second-order valence-corrected chi connectivity index (χ2v) is 7.05. The maximum Gasteiger partial charge on any atom is 0.0853 e. The summed E-state index contributed by atoms with van der Waals surface area (Å²) >= 11 is 3.48. The van der Waals surface area contributed by atoms with Crippen LogP contribution in [0.25, 0.3) is 0 Å². The Balaban J connectivity index is 2.19. The summed E-state index contributed by atoms with van der Waals surface area (Å²) in [5.41, 5.74) is 4.03. The SMILES string of the molecule is CCOC1(C(Cc2cncc(Br)c2)NN)CCCC(C)C1. The van der Waals surface area contributed by atoms with Crippen LogP contribution in [-0.4, -0.2) is 23.2 Å². The smallest absolute Gasteiger partial charge is 0.0853 e. The lowest BCUT2D eigenvalue weighted by Gasteiger charge is -2.45. The monoisotopic (exact) mass is 355 g/mol. The van der Waals surface area contributed by atoms with Crippen LogP contribution in [0, 0.1) is 5.92 Å². The van der Waals surface area contributed by atoms with Gasteiger partial charge < -0.3 is 4.74 Å². The van der Waals surface area contributed by atoms with Gasteiger partial charge in [-0.2, -0.15) is 0 Å². The number of ether oxygens (including phenoxy) is 1. The van der Waals surface area contributed by atoms with Crippen molar-refractivity contribution in [2.75, 3.05) is 6.61 Å². The highest BCUT2D eigenvalue weighted by molar-refractivity contribution is 9.10. The molecule has 0 saturated heterocycles. The molecule has 1 aromatic rings. The molecule has 21 heavy (non-hydrogen) atoms. The molecule has 3 N–H and O–H groups in total. The normalized spacial score (nSPS) is 27.5. The van der Waals surface area contributed by atoms with Crippen LogP contribution in [0.4, 0.5) is 0 Å². The summed E-state index contributed by atoms with van der Waals surface area (Å²) in [6.45, 7) is 5.10. The average molecular weight is 356 g/mol. The number of rotatable bonds is 6. The lowest BCUT2D eigenvalue weighted by atomic mass is 9.73. The Labute approximate surface area is 136 Å². The maximum atomic E-state index is 6.22. The van der Waals surface area contributed by atoms with Gasteiger partial charge in [0.15, 0.2) is 0 Å². The summed E-state index contributed by atoms with van der Waals surface area (Å²) in [4.78, 5) is 4.24. The lowest BCUT2D eigenvalue weighted by Crippen LogP contribution is -2.57. The molecule has 3 unspecified atom stereocenters. The summed E-state index contributed by atoms with van der Waals surface area (Å²) in [7, 11) is 0. The van der Waals surface area contributed by atoms with E-state index in [9.17, 15) is 0 Å². The summed E-state index contributed by atoms with van der Waals surface area (Å²) in [5, 5.41) is 0.